The highest BCUT2D eigenvalue weighted by Gasteiger charge is 2.44. The average Bonchev–Trinajstić information content (AvgIpc) is 2.78. The first-order valence-electron chi connectivity index (χ1n) is 5.84. The zero-order valence-electron chi connectivity index (χ0n) is 10.4. The van der Waals surface area contributed by atoms with Crippen molar-refractivity contribution >= 4 is 23.5 Å². The van der Waals surface area contributed by atoms with Gasteiger partial charge in [0.1, 0.15) is 0 Å². The van der Waals surface area contributed by atoms with Crippen molar-refractivity contribution in [2.45, 2.75) is 18.9 Å². The number of hydrogen-bond acceptors (Lipinski definition) is 3. The van der Waals surface area contributed by atoms with E-state index in [0.717, 1.165) is 0 Å². The molecule has 102 valence electrons. The van der Waals surface area contributed by atoms with Crippen molar-refractivity contribution in [2.75, 3.05) is 13.2 Å². The monoisotopic (exact) mass is 283 g/mol. The van der Waals surface area contributed by atoms with Crippen LogP contribution in [-0.4, -0.2) is 35.7 Å². The van der Waals surface area contributed by atoms with Crippen LogP contribution in [0.1, 0.15) is 22.3 Å². The Morgan fingerprint density at radius 1 is 1.47 bits per heavy atom. The molecule has 1 amide bonds. The van der Waals surface area contributed by atoms with Crippen molar-refractivity contribution in [2.24, 2.45) is 0 Å². The van der Waals surface area contributed by atoms with Crippen molar-refractivity contribution in [3.63, 3.8) is 0 Å². The van der Waals surface area contributed by atoms with E-state index in [1.54, 1.807) is 25.1 Å². The number of hydrogen-bond donors (Lipinski definition) is 2. The highest BCUT2D eigenvalue weighted by molar-refractivity contribution is 6.30. The molecule has 6 heteroatoms. The van der Waals surface area contributed by atoms with Crippen LogP contribution < -0.4 is 5.32 Å². The summed E-state index contributed by atoms with van der Waals surface area (Å²) in [6, 6.07) is 4.84. The first-order chi connectivity index (χ1) is 8.94. The number of aliphatic carboxylic acids is 1. The lowest BCUT2D eigenvalue weighted by molar-refractivity contribution is -0.144. The highest BCUT2D eigenvalue weighted by atomic mass is 35.5. The smallest absolute Gasteiger partial charge is 0.331 e. The van der Waals surface area contributed by atoms with Gasteiger partial charge in [-0.05, 0) is 30.7 Å². The van der Waals surface area contributed by atoms with E-state index in [1.807, 2.05) is 0 Å². The summed E-state index contributed by atoms with van der Waals surface area (Å²) in [7, 11) is 0. The third-order valence-corrected chi connectivity index (χ3v) is 3.45. The van der Waals surface area contributed by atoms with Gasteiger partial charge in [0.15, 0.2) is 5.54 Å². The molecule has 1 aliphatic heterocycles. The average molecular weight is 284 g/mol. The number of carbonyl (C=O) groups excluding carboxylic acids is 1. The van der Waals surface area contributed by atoms with Gasteiger partial charge in [0.25, 0.3) is 5.91 Å². The number of ether oxygens (including phenoxy) is 1. The Morgan fingerprint density at radius 2 is 2.21 bits per heavy atom. The second-order valence-corrected chi connectivity index (χ2v) is 5.04. The zero-order chi connectivity index (χ0) is 14.0. The molecule has 0 bridgehead atoms. The van der Waals surface area contributed by atoms with Crippen molar-refractivity contribution < 1.29 is 19.4 Å². The molecule has 2 rings (SSSR count). The first kappa shape index (κ1) is 13.8. The van der Waals surface area contributed by atoms with Crippen LogP contribution in [0, 0.1) is 6.92 Å². The molecule has 0 aromatic heterocycles. The maximum atomic E-state index is 12.2. The number of carboxylic acid groups (broad SMARTS) is 1. The van der Waals surface area contributed by atoms with Gasteiger partial charge in [0.2, 0.25) is 0 Å². The molecule has 0 saturated carbocycles. The van der Waals surface area contributed by atoms with Gasteiger partial charge in [-0.15, -0.1) is 0 Å². The van der Waals surface area contributed by atoms with E-state index in [9.17, 15) is 14.7 Å². The molecule has 19 heavy (non-hydrogen) atoms. The summed E-state index contributed by atoms with van der Waals surface area (Å²) < 4.78 is 5.09. The first-order valence-corrected chi connectivity index (χ1v) is 6.22. The fourth-order valence-electron chi connectivity index (χ4n) is 2.05. The van der Waals surface area contributed by atoms with Crippen LogP contribution in [-0.2, 0) is 9.53 Å². The molecular weight excluding hydrogens is 270 g/mol. The molecule has 1 saturated heterocycles. The minimum absolute atomic E-state index is 0.0132. The second-order valence-electron chi connectivity index (χ2n) is 4.60. The predicted molar refractivity (Wildman–Crippen MR) is 69.5 cm³/mol. The number of nitrogens with one attached hydrogen (secondary N) is 1. The fourth-order valence-corrected chi connectivity index (χ4v) is 2.28. The second kappa shape index (κ2) is 5.19. The summed E-state index contributed by atoms with van der Waals surface area (Å²) in [4.78, 5) is 23.5. The van der Waals surface area contributed by atoms with Crippen molar-refractivity contribution in [1.29, 1.82) is 0 Å². The van der Waals surface area contributed by atoms with Crippen LogP contribution in [0.2, 0.25) is 5.02 Å². The summed E-state index contributed by atoms with van der Waals surface area (Å²) in [6.45, 7) is 2.06. The number of amides is 1. The fraction of sp³-hybridized carbons (Fsp3) is 0.385. The van der Waals surface area contributed by atoms with E-state index >= 15 is 0 Å². The lowest BCUT2D eigenvalue weighted by Gasteiger charge is -2.24. The number of aryl methyl sites for hydroxylation is 1. The molecule has 2 N–H and O–H groups in total. The minimum atomic E-state index is -1.33. The summed E-state index contributed by atoms with van der Waals surface area (Å²) in [5.41, 5.74) is -0.218. The number of carbonyl (C=O) groups is 2. The van der Waals surface area contributed by atoms with Gasteiger partial charge in [-0.2, -0.15) is 0 Å². The maximum absolute atomic E-state index is 12.2. The van der Waals surface area contributed by atoms with Gasteiger partial charge in [-0.1, -0.05) is 11.6 Å². The highest BCUT2D eigenvalue weighted by Crippen LogP contribution is 2.21. The molecule has 1 aromatic carbocycles. The molecular formula is C13H14ClNO4. The molecule has 1 unspecified atom stereocenters. The lowest BCUT2D eigenvalue weighted by Crippen LogP contribution is -2.55. The van der Waals surface area contributed by atoms with Gasteiger partial charge in [0, 0.05) is 23.6 Å². The van der Waals surface area contributed by atoms with Crippen LogP contribution in [0.15, 0.2) is 18.2 Å². The number of rotatable bonds is 3. The molecule has 1 fully saturated rings. The topological polar surface area (TPSA) is 75.6 Å². The molecule has 1 atom stereocenters. The summed E-state index contributed by atoms with van der Waals surface area (Å²) in [6.07, 6.45) is 0.265. The van der Waals surface area contributed by atoms with E-state index in [1.165, 1.54) is 0 Å². The number of carboxylic acids is 1. The largest absolute Gasteiger partial charge is 0.479 e. The maximum Gasteiger partial charge on any atom is 0.331 e. The van der Waals surface area contributed by atoms with Gasteiger partial charge in [-0.3, -0.25) is 4.79 Å². The standard InChI is InChI=1S/C13H14ClNO4/c1-8-6-9(14)2-3-10(8)11(16)15-13(12(17)18)4-5-19-7-13/h2-3,6H,4-5,7H2,1H3,(H,15,16)(H,17,18). The summed E-state index contributed by atoms with van der Waals surface area (Å²) >= 11 is 5.82. The van der Waals surface area contributed by atoms with Gasteiger partial charge < -0.3 is 15.2 Å². The molecule has 1 heterocycles. The van der Waals surface area contributed by atoms with Crippen LogP contribution in [0.3, 0.4) is 0 Å². The minimum Gasteiger partial charge on any atom is -0.479 e. The molecule has 0 radical (unpaired) electrons. The zero-order valence-corrected chi connectivity index (χ0v) is 11.2. The Balaban J connectivity index is 2.22. The lowest BCUT2D eigenvalue weighted by atomic mass is 9.97. The molecule has 1 aliphatic rings. The van der Waals surface area contributed by atoms with E-state index in [2.05, 4.69) is 5.32 Å². The summed E-state index contributed by atoms with van der Waals surface area (Å²) in [5.74, 6) is -1.51. The van der Waals surface area contributed by atoms with Crippen molar-refractivity contribution in [1.82, 2.24) is 5.32 Å². The summed E-state index contributed by atoms with van der Waals surface area (Å²) in [5, 5.41) is 12.4. The SMILES string of the molecule is Cc1cc(Cl)ccc1C(=O)NC1(C(=O)O)CCOC1. The van der Waals surface area contributed by atoms with Crippen molar-refractivity contribution in [3.8, 4) is 0 Å². The Bertz CT molecular complexity index is 523. The molecule has 0 spiro atoms. The van der Waals surface area contributed by atoms with E-state index in [4.69, 9.17) is 16.3 Å². The third-order valence-electron chi connectivity index (χ3n) is 3.22. The van der Waals surface area contributed by atoms with Crippen LogP contribution in [0.4, 0.5) is 0 Å². The van der Waals surface area contributed by atoms with Gasteiger partial charge in [-0.25, -0.2) is 4.79 Å². The third kappa shape index (κ3) is 2.72. The van der Waals surface area contributed by atoms with Crippen LogP contribution in [0.5, 0.6) is 0 Å². The van der Waals surface area contributed by atoms with E-state index < -0.39 is 17.4 Å². The van der Waals surface area contributed by atoms with Crippen LogP contribution >= 0.6 is 11.6 Å². The molecule has 5 nitrogen and oxygen atoms in total. The Kier molecular flexibility index (Phi) is 3.78. The van der Waals surface area contributed by atoms with E-state index in [0.29, 0.717) is 22.8 Å². The Labute approximate surface area is 115 Å². The predicted octanol–water partition coefficient (Wildman–Crippen LogP) is 1.62. The molecule has 0 aliphatic carbocycles. The van der Waals surface area contributed by atoms with E-state index in [-0.39, 0.29) is 13.0 Å². The van der Waals surface area contributed by atoms with Crippen molar-refractivity contribution in [3.05, 3.63) is 34.3 Å². The Morgan fingerprint density at radius 3 is 2.74 bits per heavy atom. The quantitative estimate of drug-likeness (QED) is 0.884. The van der Waals surface area contributed by atoms with Gasteiger partial charge >= 0.3 is 5.97 Å². The van der Waals surface area contributed by atoms with Gasteiger partial charge in [0.05, 0.1) is 6.61 Å². The van der Waals surface area contributed by atoms with Crippen LogP contribution in [0.25, 0.3) is 0 Å². The number of halogens is 1. The Hall–Kier alpha value is -1.59. The molecule has 1 aromatic rings. The normalized spacial score (nSPS) is 22.2. The number of benzene rings is 1.